The highest BCUT2D eigenvalue weighted by atomic mass is 32.2. The Bertz CT molecular complexity index is 1090. The Morgan fingerprint density at radius 1 is 1.18 bits per heavy atom. The second-order valence-electron chi connectivity index (χ2n) is 6.94. The summed E-state index contributed by atoms with van der Waals surface area (Å²) >= 11 is 0.761. The van der Waals surface area contributed by atoms with Gasteiger partial charge in [0.15, 0.2) is 11.5 Å². The van der Waals surface area contributed by atoms with E-state index in [2.05, 4.69) is 10.1 Å². The predicted molar refractivity (Wildman–Crippen MR) is 115 cm³/mol. The lowest BCUT2D eigenvalue weighted by atomic mass is 10.2. The molecule has 0 aromatic heterocycles. The number of benzene rings is 2. The fourth-order valence-electron chi connectivity index (χ4n) is 3.14. The number of amides is 3. The van der Waals surface area contributed by atoms with E-state index in [-0.39, 0.29) is 30.4 Å². The number of alkyl halides is 2. The maximum Gasteiger partial charge on any atom is 0.387 e. The molecule has 0 bridgehead atoms. The van der Waals surface area contributed by atoms with Gasteiger partial charge in [-0.25, -0.2) is 0 Å². The van der Waals surface area contributed by atoms with E-state index in [1.165, 1.54) is 30.3 Å². The summed E-state index contributed by atoms with van der Waals surface area (Å²) in [4.78, 5) is 38.4. The van der Waals surface area contributed by atoms with Crippen LogP contribution in [0.25, 0.3) is 6.08 Å². The van der Waals surface area contributed by atoms with E-state index in [9.17, 15) is 23.2 Å². The number of halogens is 2. The largest absolute Gasteiger partial charge is 0.485 e. The van der Waals surface area contributed by atoms with Crippen molar-refractivity contribution < 1.29 is 37.4 Å². The molecule has 0 radical (unpaired) electrons. The fourth-order valence-corrected chi connectivity index (χ4v) is 4.01. The first kappa shape index (κ1) is 22.6. The Morgan fingerprint density at radius 3 is 2.64 bits per heavy atom. The molecule has 172 valence electrons. The van der Waals surface area contributed by atoms with Gasteiger partial charge in [-0.2, -0.15) is 8.78 Å². The maximum absolute atomic E-state index is 12.6. The van der Waals surface area contributed by atoms with Crippen LogP contribution < -0.4 is 19.5 Å². The number of nitrogens with zero attached hydrogens (tertiary/aromatic N) is 1. The average Bonchev–Trinajstić information content (AvgIpc) is 3.07. The Labute approximate surface area is 191 Å². The van der Waals surface area contributed by atoms with Crippen molar-refractivity contribution in [2.24, 2.45) is 0 Å². The molecule has 3 amide bonds. The van der Waals surface area contributed by atoms with Crippen molar-refractivity contribution >= 4 is 34.9 Å². The number of fused-ring (bicyclic) bond motifs is 1. The summed E-state index contributed by atoms with van der Waals surface area (Å²) in [6.07, 6.45) is 0.645. The summed E-state index contributed by atoms with van der Waals surface area (Å²) in [5, 5.41) is 2.18. The highest BCUT2D eigenvalue weighted by Gasteiger charge is 2.35. The molecule has 1 atom stereocenters. The molecule has 1 saturated heterocycles. The van der Waals surface area contributed by atoms with E-state index >= 15 is 0 Å². The van der Waals surface area contributed by atoms with Gasteiger partial charge in [0.2, 0.25) is 6.10 Å². The minimum atomic E-state index is -2.93. The normalized spacial score (nSPS) is 18.7. The first-order chi connectivity index (χ1) is 15.9. The van der Waals surface area contributed by atoms with Gasteiger partial charge in [-0.3, -0.25) is 19.3 Å². The summed E-state index contributed by atoms with van der Waals surface area (Å²) in [6.45, 7) is -2.85. The maximum atomic E-state index is 12.6. The van der Waals surface area contributed by atoms with Crippen LogP contribution in [0.4, 0.5) is 13.6 Å². The molecule has 8 nitrogen and oxygen atoms in total. The quantitative estimate of drug-likeness (QED) is 0.613. The summed E-state index contributed by atoms with van der Waals surface area (Å²) in [5.41, 5.74) is 0.546. The van der Waals surface area contributed by atoms with Crippen molar-refractivity contribution in [3.63, 3.8) is 0 Å². The molecule has 2 aromatic carbocycles. The fraction of sp³-hybridized carbons (Fsp3) is 0.227. The number of para-hydroxylation sites is 2. The van der Waals surface area contributed by atoms with E-state index < -0.39 is 29.8 Å². The van der Waals surface area contributed by atoms with Crippen LogP contribution >= 0.6 is 11.8 Å². The Balaban J connectivity index is 1.29. The third-order valence-electron chi connectivity index (χ3n) is 4.71. The Morgan fingerprint density at radius 2 is 1.91 bits per heavy atom. The molecular formula is C22H18F2N2O6S. The number of imide groups is 1. The molecule has 4 rings (SSSR count). The number of ether oxygens (including phenoxy) is 3. The van der Waals surface area contributed by atoms with Crippen molar-refractivity contribution in [2.75, 3.05) is 19.7 Å². The predicted octanol–water partition coefficient (Wildman–Crippen LogP) is 3.28. The van der Waals surface area contributed by atoms with Crippen LogP contribution in [0.15, 0.2) is 53.4 Å². The molecule has 0 aliphatic carbocycles. The van der Waals surface area contributed by atoms with Gasteiger partial charge in [-0.15, -0.1) is 0 Å². The number of hydrogen-bond donors (Lipinski definition) is 1. The van der Waals surface area contributed by atoms with Crippen molar-refractivity contribution in [2.45, 2.75) is 12.7 Å². The van der Waals surface area contributed by atoms with Crippen LogP contribution in [0.5, 0.6) is 17.2 Å². The SMILES string of the molecule is O=C(NCCN1C(=O)S/C(=C\c2ccc(OC(F)F)cc2)C1=O)[C@@H]1COc2ccccc2O1. The first-order valence-electron chi connectivity index (χ1n) is 9.87. The number of carbonyl (C=O) groups excluding carboxylic acids is 3. The highest BCUT2D eigenvalue weighted by Crippen LogP contribution is 2.33. The van der Waals surface area contributed by atoms with Gasteiger partial charge in [-0.1, -0.05) is 24.3 Å². The summed E-state index contributed by atoms with van der Waals surface area (Å²) < 4.78 is 39.9. The topological polar surface area (TPSA) is 94.2 Å². The lowest BCUT2D eigenvalue weighted by molar-refractivity contribution is -0.131. The van der Waals surface area contributed by atoms with Crippen molar-refractivity contribution in [1.82, 2.24) is 10.2 Å². The lowest BCUT2D eigenvalue weighted by Crippen LogP contribution is -2.46. The van der Waals surface area contributed by atoms with Gasteiger partial charge in [-0.05, 0) is 47.7 Å². The molecule has 2 aliphatic heterocycles. The summed E-state index contributed by atoms with van der Waals surface area (Å²) in [7, 11) is 0. The van der Waals surface area contributed by atoms with Crippen LogP contribution in [0.2, 0.25) is 0 Å². The molecule has 2 heterocycles. The van der Waals surface area contributed by atoms with Crippen molar-refractivity contribution in [1.29, 1.82) is 0 Å². The summed E-state index contributed by atoms with van der Waals surface area (Å²) in [5.74, 6) is 0.0920. The number of rotatable bonds is 7. The van der Waals surface area contributed by atoms with Gasteiger partial charge in [0.05, 0.1) is 4.91 Å². The zero-order chi connectivity index (χ0) is 23.4. The molecular weight excluding hydrogens is 458 g/mol. The molecule has 33 heavy (non-hydrogen) atoms. The smallest absolute Gasteiger partial charge is 0.387 e. The molecule has 0 spiro atoms. The van der Waals surface area contributed by atoms with E-state index in [1.54, 1.807) is 24.3 Å². The first-order valence-corrected chi connectivity index (χ1v) is 10.7. The molecule has 1 N–H and O–H groups in total. The Kier molecular flexibility index (Phi) is 6.78. The van der Waals surface area contributed by atoms with E-state index in [0.717, 1.165) is 16.7 Å². The van der Waals surface area contributed by atoms with Crippen LogP contribution in [-0.4, -0.2) is 54.4 Å². The van der Waals surface area contributed by atoms with Gasteiger partial charge in [0.25, 0.3) is 17.1 Å². The molecule has 2 aromatic rings. The average molecular weight is 476 g/mol. The van der Waals surface area contributed by atoms with Crippen LogP contribution in [0.1, 0.15) is 5.56 Å². The second-order valence-corrected chi connectivity index (χ2v) is 7.93. The van der Waals surface area contributed by atoms with E-state index in [1.807, 2.05) is 0 Å². The standard InChI is InChI=1S/C22H18F2N2O6S/c23-21(24)31-14-7-5-13(6-8-14)11-18-20(28)26(22(29)33-18)10-9-25-19(27)17-12-30-15-3-1-2-4-16(15)32-17/h1-8,11,17,21H,9-10,12H2,(H,25,27)/b18-11-/t17-/m0/s1. The lowest BCUT2D eigenvalue weighted by Gasteiger charge is -2.25. The van der Waals surface area contributed by atoms with Crippen LogP contribution in [0, 0.1) is 0 Å². The minimum Gasteiger partial charge on any atom is -0.485 e. The molecule has 11 heteroatoms. The highest BCUT2D eigenvalue weighted by molar-refractivity contribution is 8.18. The molecule has 0 saturated carbocycles. The molecule has 0 unspecified atom stereocenters. The summed E-state index contributed by atoms with van der Waals surface area (Å²) in [6, 6.07) is 12.7. The van der Waals surface area contributed by atoms with Crippen LogP contribution in [0.3, 0.4) is 0 Å². The monoisotopic (exact) mass is 476 g/mol. The number of thioether (sulfide) groups is 1. The number of carbonyl (C=O) groups is 3. The van der Waals surface area contributed by atoms with E-state index in [0.29, 0.717) is 17.1 Å². The van der Waals surface area contributed by atoms with E-state index in [4.69, 9.17) is 9.47 Å². The minimum absolute atomic E-state index is 0.0122. The third kappa shape index (κ3) is 5.43. The molecule has 1 fully saturated rings. The Hall–Kier alpha value is -3.60. The van der Waals surface area contributed by atoms with Gasteiger partial charge >= 0.3 is 6.61 Å². The van der Waals surface area contributed by atoms with Gasteiger partial charge in [0, 0.05) is 13.1 Å². The van der Waals surface area contributed by atoms with Gasteiger partial charge < -0.3 is 19.5 Å². The number of nitrogens with one attached hydrogen (secondary N) is 1. The number of hydrogen-bond acceptors (Lipinski definition) is 7. The second kappa shape index (κ2) is 9.90. The van der Waals surface area contributed by atoms with Crippen LogP contribution in [-0.2, 0) is 9.59 Å². The zero-order valence-electron chi connectivity index (χ0n) is 17.0. The third-order valence-corrected chi connectivity index (χ3v) is 5.62. The van der Waals surface area contributed by atoms with Crippen molar-refractivity contribution in [3.05, 3.63) is 59.0 Å². The molecule has 2 aliphatic rings. The van der Waals surface area contributed by atoms with Crippen molar-refractivity contribution in [3.8, 4) is 17.2 Å². The van der Waals surface area contributed by atoms with Gasteiger partial charge in [0.1, 0.15) is 12.4 Å². The zero-order valence-corrected chi connectivity index (χ0v) is 17.8.